The Hall–Kier alpha value is -1.97. The first kappa shape index (κ1) is 13.0. The van der Waals surface area contributed by atoms with E-state index in [0.29, 0.717) is 5.92 Å². The van der Waals surface area contributed by atoms with Gasteiger partial charge in [0, 0.05) is 35.5 Å². The van der Waals surface area contributed by atoms with Crippen molar-refractivity contribution in [2.24, 2.45) is 0 Å². The minimum atomic E-state index is 0.546. The number of anilines is 1. The molecule has 1 aliphatic carbocycles. The number of nitrogens with zero attached hydrogens (tertiary/aromatic N) is 3. The predicted octanol–water partition coefficient (Wildman–Crippen LogP) is 3.46. The van der Waals surface area contributed by atoms with Crippen LogP contribution < -0.4 is 5.32 Å². The summed E-state index contributed by atoms with van der Waals surface area (Å²) in [7, 11) is 0. The van der Waals surface area contributed by atoms with Gasteiger partial charge in [-0.15, -0.1) is 0 Å². The van der Waals surface area contributed by atoms with Gasteiger partial charge in [0.15, 0.2) is 0 Å². The summed E-state index contributed by atoms with van der Waals surface area (Å²) in [5.74, 6) is 2.48. The monoisotopic (exact) mass is 268 g/mol. The number of nitrogens with one attached hydrogen (secondary N) is 1. The van der Waals surface area contributed by atoms with E-state index in [1.165, 1.54) is 12.8 Å². The maximum atomic E-state index is 4.79. The third kappa shape index (κ3) is 2.50. The molecule has 0 aromatic carbocycles. The van der Waals surface area contributed by atoms with Gasteiger partial charge in [0.2, 0.25) is 0 Å². The molecule has 1 fully saturated rings. The van der Waals surface area contributed by atoms with E-state index < -0.39 is 0 Å². The van der Waals surface area contributed by atoms with Crippen LogP contribution in [0, 0.1) is 13.8 Å². The van der Waals surface area contributed by atoms with E-state index in [9.17, 15) is 0 Å². The van der Waals surface area contributed by atoms with Crippen molar-refractivity contribution in [3.8, 4) is 11.3 Å². The molecule has 0 amide bonds. The maximum Gasteiger partial charge on any atom is 0.134 e. The third-order valence-electron chi connectivity index (χ3n) is 3.63. The molecular formula is C16H20N4. The summed E-state index contributed by atoms with van der Waals surface area (Å²) < 4.78 is 0. The summed E-state index contributed by atoms with van der Waals surface area (Å²) in [5, 5.41) is 3.35. The Labute approximate surface area is 119 Å². The summed E-state index contributed by atoms with van der Waals surface area (Å²) in [5.41, 5.74) is 4.19. The van der Waals surface area contributed by atoms with Crippen LogP contribution in [0.2, 0.25) is 0 Å². The van der Waals surface area contributed by atoms with Crippen molar-refractivity contribution in [1.29, 1.82) is 0 Å². The minimum absolute atomic E-state index is 0.546. The van der Waals surface area contributed by atoms with Gasteiger partial charge in [0.05, 0.1) is 5.69 Å². The first-order chi connectivity index (χ1) is 9.69. The van der Waals surface area contributed by atoms with Gasteiger partial charge in [-0.1, -0.05) is 0 Å². The molecule has 0 bridgehead atoms. The molecule has 0 spiro atoms. The van der Waals surface area contributed by atoms with Crippen LogP contribution in [0.5, 0.6) is 0 Å². The van der Waals surface area contributed by atoms with Crippen LogP contribution in [0.3, 0.4) is 0 Å². The molecule has 0 saturated heterocycles. The highest BCUT2D eigenvalue weighted by Crippen LogP contribution is 2.40. The third-order valence-corrected chi connectivity index (χ3v) is 3.63. The fraction of sp³-hybridized carbons (Fsp3) is 0.438. The number of pyridine rings is 1. The molecule has 0 aliphatic heterocycles. The van der Waals surface area contributed by atoms with Crippen molar-refractivity contribution in [1.82, 2.24) is 15.0 Å². The Morgan fingerprint density at radius 1 is 1.20 bits per heavy atom. The normalized spacial score (nSPS) is 14.3. The second-order valence-corrected chi connectivity index (χ2v) is 5.40. The second-order valence-electron chi connectivity index (χ2n) is 5.40. The van der Waals surface area contributed by atoms with Crippen molar-refractivity contribution >= 4 is 5.82 Å². The number of aromatic nitrogens is 3. The van der Waals surface area contributed by atoms with Crippen LogP contribution in [-0.4, -0.2) is 21.5 Å². The van der Waals surface area contributed by atoms with Crippen LogP contribution in [0.1, 0.15) is 42.8 Å². The van der Waals surface area contributed by atoms with Crippen LogP contribution in [0.15, 0.2) is 18.3 Å². The standard InChI is InChI=1S/C16H20N4/c1-4-17-15-11(3)14(13-6-5-10(2)18-9-13)19-16(20-15)12-7-8-12/h5-6,9,12H,4,7-8H2,1-3H3,(H,17,19,20). The Balaban J connectivity index is 2.09. The van der Waals surface area contributed by atoms with Crippen LogP contribution in [0.4, 0.5) is 5.82 Å². The zero-order chi connectivity index (χ0) is 14.1. The molecule has 2 heterocycles. The Kier molecular flexibility index (Phi) is 3.38. The predicted molar refractivity (Wildman–Crippen MR) is 80.9 cm³/mol. The highest BCUT2D eigenvalue weighted by molar-refractivity contribution is 5.67. The fourth-order valence-electron chi connectivity index (χ4n) is 2.29. The topological polar surface area (TPSA) is 50.7 Å². The van der Waals surface area contributed by atoms with E-state index in [4.69, 9.17) is 4.98 Å². The zero-order valence-electron chi connectivity index (χ0n) is 12.3. The molecule has 4 heteroatoms. The first-order valence-corrected chi connectivity index (χ1v) is 7.24. The van der Waals surface area contributed by atoms with Gasteiger partial charge in [-0.2, -0.15) is 0 Å². The van der Waals surface area contributed by atoms with E-state index >= 15 is 0 Å². The highest BCUT2D eigenvalue weighted by Gasteiger charge is 2.28. The van der Waals surface area contributed by atoms with Gasteiger partial charge < -0.3 is 5.32 Å². The molecule has 20 heavy (non-hydrogen) atoms. The van der Waals surface area contributed by atoms with Crippen molar-refractivity contribution in [3.63, 3.8) is 0 Å². The molecule has 2 aromatic heterocycles. The summed E-state index contributed by atoms with van der Waals surface area (Å²) in [6.07, 6.45) is 4.32. The van der Waals surface area contributed by atoms with E-state index in [1.54, 1.807) is 0 Å². The van der Waals surface area contributed by atoms with E-state index in [2.05, 4.69) is 35.2 Å². The number of hydrogen-bond donors (Lipinski definition) is 1. The number of aryl methyl sites for hydroxylation is 1. The van der Waals surface area contributed by atoms with Crippen molar-refractivity contribution in [2.45, 2.75) is 39.5 Å². The summed E-state index contributed by atoms with van der Waals surface area (Å²) >= 11 is 0. The smallest absolute Gasteiger partial charge is 0.134 e. The lowest BCUT2D eigenvalue weighted by Crippen LogP contribution is -2.07. The fourth-order valence-corrected chi connectivity index (χ4v) is 2.29. The number of rotatable bonds is 4. The average Bonchev–Trinajstić information content (AvgIpc) is 3.27. The Morgan fingerprint density at radius 2 is 2.00 bits per heavy atom. The van der Waals surface area contributed by atoms with Gasteiger partial charge in [-0.25, -0.2) is 9.97 Å². The van der Waals surface area contributed by atoms with Crippen molar-refractivity contribution < 1.29 is 0 Å². The minimum Gasteiger partial charge on any atom is -0.370 e. The quantitative estimate of drug-likeness (QED) is 0.922. The van der Waals surface area contributed by atoms with Crippen LogP contribution in [-0.2, 0) is 0 Å². The molecule has 0 radical (unpaired) electrons. The van der Waals surface area contributed by atoms with Crippen molar-refractivity contribution in [2.75, 3.05) is 11.9 Å². The van der Waals surface area contributed by atoms with Gasteiger partial charge >= 0.3 is 0 Å². The molecule has 3 rings (SSSR count). The van der Waals surface area contributed by atoms with Gasteiger partial charge in [0.1, 0.15) is 11.6 Å². The maximum absolute atomic E-state index is 4.79. The molecule has 1 saturated carbocycles. The summed E-state index contributed by atoms with van der Waals surface area (Å²) in [6.45, 7) is 7.03. The summed E-state index contributed by atoms with van der Waals surface area (Å²) in [4.78, 5) is 13.9. The van der Waals surface area contributed by atoms with Gasteiger partial charge in [-0.05, 0) is 45.7 Å². The lowest BCUT2D eigenvalue weighted by molar-refractivity contribution is 0.918. The lowest BCUT2D eigenvalue weighted by Gasteiger charge is -2.13. The SMILES string of the molecule is CCNc1nc(C2CC2)nc(-c2ccc(C)nc2)c1C. The van der Waals surface area contributed by atoms with Crippen LogP contribution in [0.25, 0.3) is 11.3 Å². The average molecular weight is 268 g/mol. The Bertz CT molecular complexity index is 615. The first-order valence-electron chi connectivity index (χ1n) is 7.24. The van der Waals surface area contributed by atoms with E-state index in [1.807, 2.05) is 19.2 Å². The Morgan fingerprint density at radius 3 is 2.60 bits per heavy atom. The molecule has 1 N–H and O–H groups in total. The largest absolute Gasteiger partial charge is 0.370 e. The lowest BCUT2D eigenvalue weighted by atomic mass is 10.1. The molecular weight excluding hydrogens is 248 g/mol. The van der Waals surface area contributed by atoms with Crippen molar-refractivity contribution in [3.05, 3.63) is 35.4 Å². The highest BCUT2D eigenvalue weighted by atomic mass is 15.0. The van der Waals surface area contributed by atoms with Crippen LogP contribution >= 0.6 is 0 Å². The van der Waals surface area contributed by atoms with Gasteiger partial charge in [-0.3, -0.25) is 4.98 Å². The number of hydrogen-bond acceptors (Lipinski definition) is 4. The zero-order valence-corrected chi connectivity index (χ0v) is 12.3. The molecule has 4 nitrogen and oxygen atoms in total. The molecule has 1 aliphatic rings. The van der Waals surface area contributed by atoms with Gasteiger partial charge in [0.25, 0.3) is 0 Å². The van der Waals surface area contributed by atoms with E-state index in [0.717, 1.165) is 40.7 Å². The molecule has 2 aromatic rings. The summed E-state index contributed by atoms with van der Waals surface area (Å²) in [6, 6.07) is 4.12. The molecule has 0 unspecified atom stereocenters. The molecule has 0 atom stereocenters. The second kappa shape index (κ2) is 5.19. The molecule has 104 valence electrons. The van der Waals surface area contributed by atoms with E-state index in [-0.39, 0.29) is 0 Å².